The van der Waals surface area contributed by atoms with E-state index in [9.17, 15) is 0 Å². The SMILES string of the molecule is [Li][C]1(C(C)=N)CCC(C)(C)CC(C)C1. The first-order valence-electron chi connectivity index (χ1n) is 5.81. The van der Waals surface area contributed by atoms with Crippen LogP contribution in [0.15, 0.2) is 0 Å². The predicted octanol–water partition coefficient (Wildman–Crippen LogP) is 3.59. The average Bonchev–Trinajstić information content (AvgIpc) is 2.08. The first-order valence-corrected chi connectivity index (χ1v) is 5.81. The summed E-state index contributed by atoms with van der Waals surface area (Å²) in [7, 11) is 0. The molecular weight excluding hydrogens is 165 g/mol. The summed E-state index contributed by atoms with van der Waals surface area (Å²) >= 11 is 2.27. The molecule has 1 aliphatic carbocycles. The zero-order valence-corrected chi connectivity index (χ0v) is 10.4. The Morgan fingerprint density at radius 1 is 1.29 bits per heavy atom. The molecule has 0 heterocycles. The molecule has 0 amide bonds. The van der Waals surface area contributed by atoms with Gasteiger partial charge in [0.15, 0.2) is 0 Å². The summed E-state index contributed by atoms with van der Waals surface area (Å²) in [5.74, 6) is 0.762. The van der Waals surface area contributed by atoms with E-state index in [-0.39, 0.29) is 4.09 Å². The van der Waals surface area contributed by atoms with Gasteiger partial charge in [-0.25, -0.2) is 0 Å². The minimum atomic E-state index is 0.174. The Morgan fingerprint density at radius 3 is 2.36 bits per heavy atom. The van der Waals surface area contributed by atoms with Gasteiger partial charge in [0, 0.05) is 0 Å². The third kappa shape index (κ3) is 2.88. The van der Waals surface area contributed by atoms with E-state index in [0.29, 0.717) is 5.41 Å². The van der Waals surface area contributed by atoms with Gasteiger partial charge in [-0.05, 0) is 0 Å². The van der Waals surface area contributed by atoms with E-state index in [4.69, 9.17) is 5.41 Å². The van der Waals surface area contributed by atoms with E-state index < -0.39 is 0 Å². The molecule has 0 radical (unpaired) electrons. The van der Waals surface area contributed by atoms with Crippen molar-refractivity contribution in [1.29, 1.82) is 5.41 Å². The van der Waals surface area contributed by atoms with Gasteiger partial charge in [0.05, 0.1) is 0 Å². The van der Waals surface area contributed by atoms with Gasteiger partial charge in [0.25, 0.3) is 0 Å². The van der Waals surface area contributed by atoms with Gasteiger partial charge in [-0.2, -0.15) is 0 Å². The molecule has 1 fully saturated rings. The molecule has 0 aromatic heterocycles. The van der Waals surface area contributed by atoms with Crippen molar-refractivity contribution >= 4 is 23.4 Å². The van der Waals surface area contributed by atoms with Gasteiger partial charge >= 0.3 is 97.6 Å². The Labute approximate surface area is 97.8 Å². The molecule has 2 unspecified atom stereocenters. The monoisotopic (exact) mass is 187 g/mol. The molecule has 1 aliphatic rings. The molecule has 76 valence electrons. The molecular formula is C12H22LiN. The fourth-order valence-corrected chi connectivity index (χ4v) is 2.94. The zero-order chi connectivity index (χ0) is 11.0. The van der Waals surface area contributed by atoms with Gasteiger partial charge in [-0.3, -0.25) is 0 Å². The van der Waals surface area contributed by atoms with Gasteiger partial charge in [-0.15, -0.1) is 0 Å². The van der Waals surface area contributed by atoms with Crippen LogP contribution in [0.25, 0.3) is 0 Å². The van der Waals surface area contributed by atoms with Crippen LogP contribution in [-0.2, 0) is 0 Å². The van der Waals surface area contributed by atoms with Crippen LogP contribution in [0.2, 0.25) is 4.09 Å². The van der Waals surface area contributed by atoms with Crippen LogP contribution in [0.5, 0.6) is 0 Å². The molecule has 0 aromatic rings. The first-order chi connectivity index (χ1) is 6.25. The Hall–Kier alpha value is 0.267. The Morgan fingerprint density at radius 2 is 1.86 bits per heavy atom. The zero-order valence-electron chi connectivity index (χ0n) is 10.4. The molecule has 0 saturated heterocycles. The van der Waals surface area contributed by atoms with Crippen LogP contribution in [0, 0.1) is 16.7 Å². The molecule has 1 N–H and O–H groups in total. The normalized spacial score (nSPS) is 37.7. The second kappa shape index (κ2) is 4.03. The van der Waals surface area contributed by atoms with Crippen molar-refractivity contribution in [3.8, 4) is 0 Å². The molecule has 1 nitrogen and oxygen atoms in total. The predicted molar refractivity (Wildman–Crippen MR) is 63.3 cm³/mol. The van der Waals surface area contributed by atoms with Crippen molar-refractivity contribution in [3.63, 3.8) is 0 Å². The van der Waals surface area contributed by atoms with Gasteiger partial charge < -0.3 is 0 Å². The van der Waals surface area contributed by atoms with Crippen molar-refractivity contribution in [2.24, 2.45) is 11.3 Å². The average molecular weight is 187 g/mol. The minimum absolute atomic E-state index is 0.174. The number of nitrogens with one attached hydrogen (secondary N) is 1. The summed E-state index contributed by atoms with van der Waals surface area (Å²) in [6, 6.07) is 0. The van der Waals surface area contributed by atoms with Crippen LogP contribution in [0.4, 0.5) is 0 Å². The molecule has 14 heavy (non-hydrogen) atoms. The molecule has 0 bridgehead atoms. The molecule has 0 aliphatic heterocycles. The van der Waals surface area contributed by atoms with E-state index in [0.717, 1.165) is 11.6 Å². The molecule has 2 heteroatoms. The van der Waals surface area contributed by atoms with Gasteiger partial charge in [-0.1, -0.05) is 0 Å². The standard InChI is InChI=1S/C12H22N.Li/c1-9-7-11(10(2)13)5-6-12(3,4)8-9;/h9,13H,5-8H2,1-4H3;. The maximum absolute atomic E-state index is 7.90. The van der Waals surface area contributed by atoms with E-state index in [2.05, 4.69) is 38.5 Å². The van der Waals surface area contributed by atoms with E-state index in [1.54, 1.807) is 0 Å². The molecule has 1 rings (SSSR count). The van der Waals surface area contributed by atoms with Crippen LogP contribution >= 0.6 is 0 Å². The third-order valence-electron chi connectivity index (χ3n) is 3.96. The summed E-state index contributed by atoms with van der Waals surface area (Å²) < 4.78 is 0.174. The second-order valence-corrected chi connectivity index (χ2v) is 6.36. The fourth-order valence-electron chi connectivity index (χ4n) is 2.94. The number of hydrogen-bond donors (Lipinski definition) is 1. The van der Waals surface area contributed by atoms with E-state index >= 15 is 0 Å². The molecule has 0 spiro atoms. The Bertz CT molecular complexity index is 234. The summed E-state index contributed by atoms with van der Waals surface area (Å²) in [5.41, 5.74) is 1.36. The van der Waals surface area contributed by atoms with Crippen molar-refractivity contribution in [3.05, 3.63) is 0 Å². The summed E-state index contributed by atoms with van der Waals surface area (Å²) in [5, 5.41) is 7.90. The topological polar surface area (TPSA) is 23.9 Å². The van der Waals surface area contributed by atoms with Crippen LogP contribution < -0.4 is 0 Å². The van der Waals surface area contributed by atoms with E-state index in [1.807, 2.05) is 6.92 Å². The van der Waals surface area contributed by atoms with Crippen LogP contribution in [0.1, 0.15) is 53.4 Å². The number of hydrogen-bond acceptors (Lipinski definition) is 1. The fraction of sp³-hybridized carbons (Fsp3) is 0.917. The number of rotatable bonds is 1. The summed E-state index contributed by atoms with van der Waals surface area (Å²) in [6.45, 7) is 9.06. The quantitative estimate of drug-likeness (QED) is 0.368. The molecule has 1 saturated carbocycles. The second-order valence-electron chi connectivity index (χ2n) is 6.36. The first kappa shape index (κ1) is 12.3. The van der Waals surface area contributed by atoms with Crippen molar-refractivity contribution < 1.29 is 0 Å². The van der Waals surface area contributed by atoms with Crippen LogP contribution in [0.3, 0.4) is 0 Å². The van der Waals surface area contributed by atoms with E-state index in [1.165, 1.54) is 25.7 Å². The van der Waals surface area contributed by atoms with Crippen molar-refractivity contribution in [1.82, 2.24) is 0 Å². The molecule has 2 atom stereocenters. The van der Waals surface area contributed by atoms with Crippen molar-refractivity contribution in [2.75, 3.05) is 0 Å². The van der Waals surface area contributed by atoms with Crippen molar-refractivity contribution in [2.45, 2.75) is 57.5 Å². The molecule has 0 aromatic carbocycles. The summed E-state index contributed by atoms with van der Waals surface area (Å²) in [6.07, 6.45) is 4.98. The summed E-state index contributed by atoms with van der Waals surface area (Å²) in [4.78, 5) is 0. The van der Waals surface area contributed by atoms with Gasteiger partial charge in [0.2, 0.25) is 0 Å². The van der Waals surface area contributed by atoms with Gasteiger partial charge in [0.1, 0.15) is 0 Å². The van der Waals surface area contributed by atoms with Crippen LogP contribution in [-0.4, -0.2) is 23.4 Å². The maximum atomic E-state index is 7.90. The third-order valence-corrected chi connectivity index (χ3v) is 3.96. The Kier molecular flexibility index (Phi) is 3.55. The Balaban J connectivity index is 2.81.